The number of pyridine rings is 2. The van der Waals surface area contributed by atoms with Crippen molar-refractivity contribution in [1.29, 1.82) is 0 Å². The molecule has 3 aromatic rings. The number of rotatable bonds is 4. The molecule has 32 heavy (non-hydrogen) atoms. The van der Waals surface area contributed by atoms with Gasteiger partial charge in [0.2, 0.25) is 17.7 Å². The summed E-state index contributed by atoms with van der Waals surface area (Å²) in [5.74, 6) is 1.07. The molecule has 164 valence electrons. The zero-order valence-corrected chi connectivity index (χ0v) is 18.4. The molecule has 0 radical (unpaired) electrons. The van der Waals surface area contributed by atoms with Crippen LogP contribution in [0.3, 0.4) is 0 Å². The Hall–Kier alpha value is -3.59. The molecule has 3 aromatic heterocycles. The van der Waals surface area contributed by atoms with E-state index in [2.05, 4.69) is 33.3 Å². The monoisotopic (exact) mass is 431 g/mol. The van der Waals surface area contributed by atoms with Crippen LogP contribution in [0.1, 0.15) is 29.8 Å². The van der Waals surface area contributed by atoms with E-state index in [-0.39, 0.29) is 5.91 Å². The molecule has 2 aliphatic heterocycles. The summed E-state index contributed by atoms with van der Waals surface area (Å²) in [6.07, 6.45) is 7.37. The number of ether oxygens (including phenoxy) is 1. The number of carbonyl (C=O) groups is 1. The second-order valence-corrected chi connectivity index (χ2v) is 8.21. The minimum Gasteiger partial charge on any atom is -0.480 e. The first-order chi connectivity index (χ1) is 15.5. The van der Waals surface area contributed by atoms with Crippen molar-refractivity contribution in [3.8, 4) is 5.88 Å². The highest BCUT2D eigenvalue weighted by Gasteiger charge is 2.21. The smallest absolute Gasteiger partial charge is 0.237 e. The molecule has 1 N–H and O–H groups in total. The van der Waals surface area contributed by atoms with Crippen LogP contribution in [0.2, 0.25) is 0 Å². The third kappa shape index (κ3) is 3.75. The van der Waals surface area contributed by atoms with E-state index in [0.29, 0.717) is 24.7 Å². The van der Waals surface area contributed by atoms with E-state index in [9.17, 15) is 4.79 Å². The van der Waals surface area contributed by atoms with Crippen molar-refractivity contribution in [1.82, 2.24) is 29.7 Å². The van der Waals surface area contributed by atoms with Crippen molar-refractivity contribution in [2.45, 2.75) is 25.8 Å². The summed E-state index contributed by atoms with van der Waals surface area (Å²) in [5.41, 5.74) is 5.46. The molecule has 2 aliphatic rings. The van der Waals surface area contributed by atoms with E-state index in [1.165, 1.54) is 5.56 Å². The first-order valence-electron chi connectivity index (χ1n) is 10.6. The van der Waals surface area contributed by atoms with Gasteiger partial charge in [-0.2, -0.15) is 0 Å². The first kappa shape index (κ1) is 20.3. The summed E-state index contributed by atoms with van der Waals surface area (Å²) in [7, 11) is 5.49. The van der Waals surface area contributed by atoms with Crippen LogP contribution in [0.5, 0.6) is 5.88 Å². The number of nitrogens with one attached hydrogen (secondary N) is 1. The molecule has 0 saturated heterocycles. The maximum Gasteiger partial charge on any atom is 0.237 e. The van der Waals surface area contributed by atoms with Gasteiger partial charge in [-0.05, 0) is 36.7 Å². The van der Waals surface area contributed by atoms with Gasteiger partial charge in [0, 0.05) is 57.0 Å². The van der Waals surface area contributed by atoms with Gasteiger partial charge in [0.05, 0.1) is 18.5 Å². The number of amides is 1. The van der Waals surface area contributed by atoms with Crippen molar-refractivity contribution in [2.75, 3.05) is 33.1 Å². The molecular weight excluding hydrogens is 406 g/mol. The molecule has 1 amide bonds. The van der Waals surface area contributed by atoms with Crippen LogP contribution < -0.4 is 10.1 Å². The summed E-state index contributed by atoms with van der Waals surface area (Å²) < 4.78 is 5.54. The zero-order valence-electron chi connectivity index (χ0n) is 18.4. The standard InChI is InChI=1S/C23H25N7O2/c1-29-9-7-17-16(12-29)10-18(22(26-17)32-3)27-23-25-11-14-6-8-24-20(21(14)28-23)15-4-5-19(31)30(2)13-15/h6,8,10-11,13H,4-5,7,9,12H2,1-3H3,(H,25,27,28). The van der Waals surface area contributed by atoms with Gasteiger partial charge in [-0.1, -0.05) is 0 Å². The van der Waals surface area contributed by atoms with Crippen LogP contribution in [-0.2, 0) is 17.8 Å². The van der Waals surface area contributed by atoms with Gasteiger partial charge in [0.15, 0.2) is 0 Å². The molecule has 0 saturated carbocycles. The topological polar surface area (TPSA) is 96.4 Å². The lowest BCUT2D eigenvalue weighted by Gasteiger charge is -2.25. The van der Waals surface area contributed by atoms with E-state index in [0.717, 1.165) is 53.1 Å². The molecule has 9 nitrogen and oxygen atoms in total. The van der Waals surface area contributed by atoms with Crippen LogP contribution in [0.4, 0.5) is 11.6 Å². The third-order valence-electron chi connectivity index (χ3n) is 5.92. The second kappa shape index (κ2) is 8.16. The summed E-state index contributed by atoms with van der Waals surface area (Å²) >= 11 is 0. The predicted octanol–water partition coefficient (Wildman–Crippen LogP) is 2.75. The molecule has 9 heteroatoms. The maximum absolute atomic E-state index is 11.9. The molecule has 0 atom stereocenters. The Morgan fingerprint density at radius 3 is 2.81 bits per heavy atom. The van der Waals surface area contributed by atoms with Crippen molar-refractivity contribution in [3.05, 3.63) is 47.7 Å². The molecule has 0 fully saturated rings. The van der Waals surface area contributed by atoms with E-state index >= 15 is 0 Å². The number of hydrogen-bond acceptors (Lipinski definition) is 8. The number of anilines is 2. The largest absolute Gasteiger partial charge is 0.480 e. The van der Waals surface area contributed by atoms with Crippen LogP contribution >= 0.6 is 0 Å². The quantitative estimate of drug-likeness (QED) is 0.674. The maximum atomic E-state index is 11.9. The van der Waals surface area contributed by atoms with Gasteiger partial charge >= 0.3 is 0 Å². The number of likely N-dealkylation sites (N-methyl/N-ethyl adjacent to an activating group) is 1. The molecular formula is C23H25N7O2. The number of fused-ring (bicyclic) bond motifs is 2. The second-order valence-electron chi connectivity index (χ2n) is 8.21. The van der Waals surface area contributed by atoms with Crippen molar-refractivity contribution in [3.63, 3.8) is 0 Å². The fourth-order valence-corrected chi connectivity index (χ4v) is 4.18. The zero-order chi connectivity index (χ0) is 22.2. The SMILES string of the molecule is COc1nc2c(cc1Nc1ncc3ccnc(C4=CN(C)C(=O)CC4)c3n1)CN(C)CC2. The Morgan fingerprint density at radius 1 is 1.12 bits per heavy atom. The van der Waals surface area contributed by atoms with Crippen LogP contribution in [-0.4, -0.2) is 63.4 Å². The lowest BCUT2D eigenvalue weighted by atomic mass is 10.0. The van der Waals surface area contributed by atoms with Crippen LogP contribution in [0, 0.1) is 0 Å². The van der Waals surface area contributed by atoms with Gasteiger partial charge in [-0.15, -0.1) is 0 Å². The van der Waals surface area contributed by atoms with E-state index in [1.807, 2.05) is 12.3 Å². The average molecular weight is 432 g/mol. The molecule has 0 bridgehead atoms. The fraction of sp³-hybridized carbons (Fsp3) is 0.348. The number of nitrogens with zero attached hydrogens (tertiary/aromatic N) is 6. The number of aromatic nitrogens is 4. The summed E-state index contributed by atoms with van der Waals surface area (Å²) in [5, 5.41) is 4.17. The van der Waals surface area contributed by atoms with Crippen LogP contribution in [0.15, 0.2) is 30.7 Å². The lowest BCUT2D eigenvalue weighted by Crippen LogP contribution is -2.27. The van der Waals surface area contributed by atoms with E-state index < -0.39 is 0 Å². The highest BCUT2D eigenvalue weighted by molar-refractivity contribution is 5.92. The Labute approximate surface area is 186 Å². The summed E-state index contributed by atoms with van der Waals surface area (Å²) in [6, 6.07) is 3.95. The summed E-state index contributed by atoms with van der Waals surface area (Å²) in [6.45, 7) is 1.82. The number of allylic oxidation sites excluding steroid dienone is 1. The molecule has 5 rings (SSSR count). The van der Waals surface area contributed by atoms with Crippen molar-refractivity contribution < 1.29 is 9.53 Å². The fourth-order valence-electron chi connectivity index (χ4n) is 4.18. The van der Waals surface area contributed by atoms with Gasteiger partial charge < -0.3 is 19.9 Å². The number of hydrogen-bond donors (Lipinski definition) is 1. The average Bonchev–Trinajstić information content (AvgIpc) is 2.80. The molecule has 0 aromatic carbocycles. The van der Waals surface area contributed by atoms with Gasteiger partial charge in [-0.25, -0.2) is 15.0 Å². The van der Waals surface area contributed by atoms with Crippen molar-refractivity contribution in [2.24, 2.45) is 0 Å². The van der Waals surface area contributed by atoms with E-state index in [1.54, 1.807) is 31.5 Å². The normalized spacial score (nSPS) is 16.7. The minimum atomic E-state index is 0.101. The Balaban J connectivity index is 1.53. The third-order valence-corrected chi connectivity index (χ3v) is 5.92. The molecule has 5 heterocycles. The van der Waals surface area contributed by atoms with Gasteiger partial charge in [0.25, 0.3) is 0 Å². The highest BCUT2D eigenvalue weighted by Crippen LogP contribution is 2.32. The molecule has 0 spiro atoms. The minimum absolute atomic E-state index is 0.101. The highest BCUT2D eigenvalue weighted by atomic mass is 16.5. The first-order valence-corrected chi connectivity index (χ1v) is 10.6. The Bertz CT molecular complexity index is 1240. The summed E-state index contributed by atoms with van der Waals surface area (Å²) in [4.78, 5) is 34.3. The predicted molar refractivity (Wildman–Crippen MR) is 121 cm³/mol. The van der Waals surface area contributed by atoms with Crippen LogP contribution in [0.25, 0.3) is 16.5 Å². The molecule has 0 unspecified atom stereocenters. The van der Waals surface area contributed by atoms with Gasteiger partial charge in [-0.3, -0.25) is 9.78 Å². The molecule has 0 aliphatic carbocycles. The Kier molecular flexibility index (Phi) is 5.18. The van der Waals surface area contributed by atoms with Gasteiger partial charge in [0.1, 0.15) is 11.2 Å². The van der Waals surface area contributed by atoms with E-state index in [4.69, 9.17) is 14.7 Å². The number of carbonyl (C=O) groups excluding carboxylic acids is 1. The number of methoxy groups -OCH3 is 1. The Morgan fingerprint density at radius 2 is 2.00 bits per heavy atom. The lowest BCUT2D eigenvalue weighted by molar-refractivity contribution is -0.127. The van der Waals surface area contributed by atoms with Crippen molar-refractivity contribution >= 4 is 34.0 Å².